The van der Waals surface area contributed by atoms with Gasteiger partial charge in [0, 0.05) is 12.8 Å². The summed E-state index contributed by atoms with van der Waals surface area (Å²) in [6, 6.07) is 7.09. The van der Waals surface area contributed by atoms with Crippen LogP contribution < -0.4 is 10.9 Å². The van der Waals surface area contributed by atoms with E-state index in [1.165, 1.54) is 0 Å². The van der Waals surface area contributed by atoms with Crippen molar-refractivity contribution in [2.45, 2.75) is 57.1 Å². The molecule has 6 nitrogen and oxygen atoms in total. The Labute approximate surface area is 140 Å². The third kappa shape index (κ3) is 4.00. The first-order chi connectivity index (χ1) is 11.6. The van der Waals surface area contributed by atoms with E-state index >= 15 is 0 Å². The fourth-order valence-electron chi connectivity index (χ4n) is 3.23. The number of nitrogens with one attached hydrogen (secondary N) is 2. The number of H-pyrrole nitrogens is 1. The van der Waals surface area contributed by atoms with Gasteiger partial charge in [-0.25, -0.2) is 4.98 Å². The molecule has 1 saturated carbocycles. The van der Waals surface area contributed by atoms with Gasteiger partial charge >= 0.3 is 0 Å². The Morgan fingerprint density at radius 3 is 2.92 bits per heavy atom. The van der Waals surface area contributed by atoms with E-state index in [4.69, 9.17) is 0 Å². The predicted molar refractivity (Wildman–Crippen MR) is 91.7 cm³/mol. The molecule has 0 spiro atoms. The van der Waals surface area contributed by atoms with Crippen molar-refractivity contribution < 1.29 is 9.90 Å². The molecule has 0 saturated heterocycles. The number of aryl methyl sites for hydroxylation is 1. The average Bonchev–Trinajstić information content (AvgIpc) is 2.57. The molecular weight excluding hydrogens is 306 g/mol. The first-order valence-electron chi connectivity index (χ1n) is 8.59. The van der Waals surface area contributed by atoms with Gasteiger partial charge in [0.25, 0.3) is 5.56 Å². The minimum Gasteiger partial charge on any atom is -0.391 e. The Morgan fingerprint density at radius 1 is 1.29 bits per heavy atom. The first-order valence-corrected chi connectivity index (χ1v) is 8.59. The minimum atomic E-state index is -0.429. The molecule has 1 aromatic heterocycles. The number of fused-ring (bicyclic) bond motifs is 1. The second-order valence-electron chi connectivity index (χ2n) is 6.41. The number of hydrogen-bond acceptors (Lipinski definition) is 4. The first kappa shape index (κ1) is 16.6. The highest BCUT2D eigenvalue weighted by Gasteiger charge is 2.24. The van der Waals surface area contributed by atoms with Crippen LogP contribution in [0.5, 0.6) is 0 Å². The summed E-state index contributed by atoms with van der Waals surface area (Å²) in [4.78, 5) is 31.2. The number of carbonyl (C=O) groups excluding carboxylic acids is 1. The number of aromatic amines is 1. The largest absolute Gasteiger partial charge is 0.391 e. The molecule has 0 aliphatic heterocycles. The second kappa shape index (κ2) is 7.57. The molecule has 1 amide bonds. The van der Waals surface area contributed by atoms with E-state index in [0.29, 0.717) is 36.0 Å². The Morgan fingerprint density at radius 2 is 2.08 bits per heavy atom. The van der Waals surface area contributed by atoms with Crippen molar-refractivity contribution in [3.8, 4) is 0 Å². The van der Waals surface area contributed by atoms with Gasteiger partial charge in [-0.15, -0.1) is 0 Å². The maximum atomic E-state index is 12.0. The van der Waals surface area contributed by atoms with Crippen molar-refractivity contribution in [3.05, 3.63) is 40.4 Å². The van der Waals surface area contributed by atoms with Gasteiger partial charge in [-0.3, -0.25) is 9.59 Å². The van der Waals surface area contributed by atoms with Crippen LogP contribution >= 0.6 is 0 Å². The van der Waals surface area contributed by atoms with E-state index in [9.17, 15) is 14.7 Å². The summed E-state index contributed by atoms with van der Waals surface area (Å²) in [7, 11) is 0. The summed E-state index contributed by atoms with van der Waals surface area (Å²) in [6.45, 7) is 0. The highest BCUT2D eigenvalue weighted by molar-refractivity contribution is 5.77. The lowest BCUT2D eigenvalue weighted by molar-refractivity contribution is -0.123. The molecule has 0 radical (unpaired) electrons. The fraction of sp³-hybridized carbons (Fsp3) is 0.500. The van der Waals surface area contributed by atoms with Crippen LogP contribution in [0.25, 0.3) is 10.9 Å². The van der Waals surface area contributed by atoms with Crippen molar-refractivity contribution in [3.63, 3.8) is 0 Å². The topological polar surface area (TPSA) is 95.1 Å². The number of aliphatic hydroxyl groups excluding tert-OH is 1. The molecule has 3 rings (SSSR count). The summed E-state index contributed by atoms with van der Waals surface area (Å²) in [6.07, 6.45) is 4.75. The number of rotatable bonds is 5. The molecule has 1 fully saturated rings. The summed E-state index contributed by atoms with van der Waals surface area (Å²) in [5, 5.41) is 13.4. The number of benzene rings is 1. The maximum Gasteiger partial charge on any atom is 0.258 e. The van der Waals surface area contributed by atoms with E-state index in [0.717, 1.165) is 25.7 Å². The fourth-order valence-corrected chi connectivity index (χ4v) is 3.23. The molecule has 2 aromatic rings. The van der Waals surface area contributed by atoms with Crippen LogP contribution in [0.4, 0.5) is 0 Å². The number of aliphatic hydroxyl groups is 1. The summed E-state index contributed by atoms with van der Waals surface area (Å²) >= 11 is 0. The molecule has 2 unspecified atom stereocenters. The minimum absolute atomic E-state index is 0.0518. The normalized spacial score (nSPS) is 20.9. The quantitative estimate of drug-likeness (QED) is 0.777. The zero-order valence-electron chi connectivity index (χ0n) is 13.6. The average molecular weight is 329 g/mol. The van der Waals surface area contributed by atoms with E-state index in [1.807, 2.05) is 18.2 Å². The van der Waals surface area contributed by atoms with E-state index in [1.54, 1.807) is 6.07 Å². The number of carbonyl (C=O) groups is 1. The molecule has 128 valence electrons. The van der Waals surface area contributed by atoms with Crippen LogP contribution in [0.1, 0.15) is 44.3 Å². The van der Waals surface area contributed by atoms with Crippen LogP contribution in [0, 0.1) is 0 Å². The van der Waals surface area contributed by atoms with E-state index in [-0.39, 0.29) is 17.5 Å². The number of hydrogen-bond donors (Lipinski definition) is 3. The standard InChI is InChI=1S/C18H23N3O3/c22-15-9-4-3-8-14(15)20-17(23)11-5-10-16-19-13-7-2-1-6-12(13)18(24)21-16/h1-2,6-7,14-15,22H,3-5,8-11H2,(H,20,23)(H,19,21,24). The summed E-state index contributed by atoms with van der Waals surface area (Å²) < 4.78 is 0. The van der Waals surface area contributed by atoms with Crippen molar-refractivity contribution in [1.82, 2.24) is 15.3 Å². The Hall–Kier alpha value is -2.21. The van der Waals surface area contributed by atoms with Crippen molar-refractivity contribution in [1.29, 1.82) is 0 Å². The number of aromatic nitrogens is 2. The van der Waals surface area contributed by atoms with Gasteiger partial charge in [0.1, 0.15) is 5.82 Å². The smallest absolute Gasteiger partial charge is 0.258 e. The molecule has 1 aromatic carbocycles. The Kier molecular flexibility index (Phi) is 5.25. The van der Waals surface area contributed by atoms with Gasteiger partial charge in [0.15, 0.2) is 0 Å². The van der Waals surface area contributed by atoms with Crippen molar-refractivity contribution in [2.75, 3.05) is 0 Å². The summed E-state index contributed by atoms with van der Waals surface area (Å²) in [5.41, 5.74) is 0.524. The van der Waals surface area contributed by atoms with E-state index in [2.05, 4.69) is 15.3 Å². The van der Waals surface area contributed by atoms with Gasteiger partial charge in [0.2, 0.25) is 5.91 Å². The van der Waals surface area contributed by atoms with Crippen LogP contribution in [0.15, 0.2) is 29.1 Å². The molecule has 24 heavy (non-hydrogen) atoms. The van der Waals surface area contributed by atoms with E-state index < -0.39 is 6.10 Å². The molecule has 3 N–H and O–H groups in total. The molecule has 0 bridgehead atoms. The third-order valence-corrected chi connectivity index (χ3v) is 4.56. The SMILES string of the molecule is O=C(CCCc1nc2ccccc2c(=O)[nH]1)NC1CCCCC1O. The van der Waals surface area contributed by atoms with Gasteiger partial charge in [-0.2, -0.15) is 0 Å². The van der Waals surface area contributed by atoms with Crippen LogP contribution in [0.3, 0.4) is 0 Å². The van der Waals surface area contributed by atoms with Crippen LogP contribution in [-0.2, 0) is 11.2 Å². The zero-order valence-corrected chi connectivity index (χ0v) is 13.6. The van der Waals surface area contributed by atoms with Crippen molar-refractivity contribution in [2.24, 2.45) is 0 Å². The second-order valence-corrected chi connectivity index (χ2v) is 6.41. The molecule has 1 aliphatic carbocycles. The number of para-hydroxylation sites is 1. The highest BCUT2D eigenvalue weighted by atomic mass is 16.3. The maximum absolute atomic E-state index is 12.0. The Bertz CT molecular complexity index is 771. The molecule has 6 heteroatoms. The number of amides is 1. The van der Waals surface area contributed by atoms with Gasteiger partial charge in [-0.05, 0) is 31.4 Å². The molecule has 2 atom stereocenters. The summed E-state index contributed by atoms with van der Waals surface area (Å²) in [5.74, 6) is 0.549. The highest BCUT2D eigenvalue weighted by Crippen LogP contribution is 2.18. The van der Waals surface area contributed by atoms with Gasteiger partial charge in [-0.1, -0.05) is 25.0 Å². The molecule has 1 aliphatic rings. The zero-order chi connectivity index (χ0) is 16.9. The lowest BCUT2D eigenvalue weighted by Gasteiger charge is -2.28. The lowest BCUT2D eigenvalue weighted by Crippen LogP contribution is -2.45. The van der Waals surface area contributed by atoms with Gasteiger partial charge in [0.05, 0.1) is 23.0 Å². The van der Waals surface area contributed by atoms with Crippen molar-refractivity contribution >= 4 is 16.8 Å². The monoisotopic (exact) mass is 329 g/mol. The number of nitrogens with zero attached hydrogens (tertiary/aromatic N) is 1. The van der Waals surface area contributed by atoms with Crippen LogP contribution in [-0.4, -0.2) is 33.1 Å². The third-order valence-electron chi connectivity index (χ3n) is 4.56. The molecular formula is C18H23N3O3. The Balaban J connectivity index is 1.52. The lowest BCUT2D eigenvalue weighted by atomic mass is 9.92. The predicted octanol–water partition coefficient (Wildman–Crippen LogP) is 1.67. The molecule has 1 heterocycles. The van der Waals surface area contributed by atoms with Crippen LogP contribution in [0.2, 0.25) is 0 Å². The van der Waals surface area contributed by atoms with Gasteiger partial charge < -0.3 is 15.4 Å².